The lowest BCUT2D eigenvalue weighted by atomic mass is 9.78. The zero-order valence-electron chi connectivity index (χ0n) is 18.4. The van der Waals surface area contributed by atoms with Gasteiger partial charge >= 0.3 is 6.18 Å². The molecular weight excluding hydrogens is 421 g/mol. The van der Waals surface area contributed by atoms with Crippen molar-refractivity contribution >= 4 is 11.6 Å². The van der Waals surface area contributed by atoms with E-state index in [0.717, 1.165) is 57.8 Å². The number of hydrogen-bond acceptors (Lipinski definition) is 5. The molecule has 1 saturated carbocycles. The van der Waals surface area contributed by atoms with Crippen molar-refractivity contribution in [3.63, 3.8) is 0 Å². The number of carbonyl (C=O) groups is 1. The maximum absolute atomic E-state index is 13.2. The maximum atomic E-state index is 13.2. The number of rotatable bonds is 7. The number of ether oxygens (including phenoxy) is 1. The largest absolute Gasteiger partial charge is 0.417 e. The molecule has 176 valence electrons. The number of alkyl halides is 3. The number of anilines is 1. The number of carbonyl (C=O) groups excluding carboxylic acids is 1. The predicted molar refractivity (Wildman–Crippen MR) is 115 cm³/mol. The molecule has 0 aromatic heterocycles. The molecule has 1 aliphatic heterocycles. The Morgan fingerprint density at radius 1 is 1.22 bits per heavy atom. The van der Waals surface area contributed by atoms with Crippen LogP contribution in [-0.4, -0.2) is 56.7 Å². The molecule has 1 amide bonds. The van der Waals surface area contributed by atoms with E-state index in [9.17, 15) is 23.2 Å². The van der Waals surface area contributed by atoms with Crippen LogP contribution in [0.3, 0.4) is 0 Å². The summed E-state index contributed by atoms with van der Waals surface area (Å²) in [6, 6.07) is 5.69. The number of nitrogens with two attached hydrogens (primary N) is 1. The Kier molecular flexibility index (Phi) is 8.01. The van der Waals surface area contributed by atoms with E-state index in [1.165, 1.54) is 13.2 Å². The monoisotopic (exact) mass is 452 g/mol. The minimum Gasteiger partial charge on any atom is -0.371 e. The van der Waals surface area contributed by atoms with Crippen LogP contribution >= 0.6 is 0 Å². The summed E-state index contributed by atoms with van der Waals surface area (Å²) in [5.41, 5.74) is 4.62. The van der Waals surface area contributed by atoms with Gasteiger partial charge in [0.05, 0.1) is 16.8 Å². The van der Waals surface area contributed by atoms with E-state index < -0.39 is 23.8 Å². The van der Waals surface area contributed by atoms with Gasteiger partial charge in [-0.15, -0.1) is 0 Å². The molecule has 0 spiro atoms. The summed E-state index contributed by atoms with van der Waals surface area (Å²) in [5.74, 6) is 0.400. The van der Waals surface area contributed by atoms with Crippen molar-refractivity contribution in [2.75, 3.05) is 44.7 Å². The fourth-order valence-electron chi connectivity index (χ4n) is 5.06. The van der Waals surface area contributed by atoms with E-state index in [4.69, 9.17) is 10.5 Å². The summed E-state index contributed by atoms with van der Waals surface area (Å²) >= 11 is 0. The van der Waals surface area contributed by atoms with Crippen LogP contribution in [0.5, 0.6) is 0 Å². The van der Waals surface area contributed by atoms with Crippen molar-refractivity contribution in [3.05, 3.63) is 29.3 Å². The Balaban J connectivity index is 1.48. The summed E-state index contributed by atoms with van der Waals surface area (Å²) in [6.45, 7) is 3.64. The van der Waals surface area contributed by atoms with Gasteiger partial charge in [0.2, 0.25) is 5.91 Å². The van der Waals surface area contributed by atoms with Crippen LogP contribution in [0.2, 0.25) is 0 Å². The van der Waals surface area contributed by atoms with Gasteiger partial charge in [0, 0.05) is 33.3 Å². The molecule has 1 aromatic rings. The van der Waals surface area contributed by atoms with Crippen LogP contribution < -0.4 is 10.6 Å². The van der Waals surface area contributed by atoms with Gasteiger partial charge in [-0.05, 0) is 49.8 Å². The summed E-state index contributed by atoms with van der Waals surface area (Å²) < 4.78 is 45.0. The molecular formula is C23H31F3N4O2. The van der Waals surface area contributed by atoms with Crippen LogP contribution in [0, 0.1) is 23.2 Å². The highest BCUT2D eigenvalue weighted by atomic mass is 19.4. The van der Waals surface area contributed by atoms with E-state index in [0.29, 0.717) is 24.7 Å². The fourth-order valence-corrected chi connectivity index (χ4v) is 5.06. The molecule has 1 aliphatic carbocycles. The number of methoxy groups -OCH3 is 1. The number of nitriles is 1. The SMILES string of the molecule is COC(C(N)=O)C1CCC(CCN2CCN(c3cccc(C(F)(F)F)c3C#N)CC2)CC1. The molecule has 0 bridgehead atoms. The third kappa shape index (κ3) is 5.73. The predicted octanol–water partition coefficient (Wildman–Crippen LogP) is 3.40. The highest BCUT2D eigenvalue weighted by Gasteiger charge is 2.35. The van der Waals surface area contributed by atoms with Gasteiger partial charge in [-0.25, -0.2) is 0 Å². The highest BCUT2D eigenvalue weighted by Crippen LogP contribution is 2.36. The number of amides is 1. The molecule has 2 aliphatic rings. The van der Waals surface area contributed by atoms with Crippen molar-refractivity contribution in [1.82, 2.24) is 4.90 Å². The summed E-state index contributed by atoms with van der Waals surface area (Å²) in [6.07, 6.45) is -0.00528. The molecule has 2 N–H and O–H groups in total. The first-order chi connectivity index (χ1) is 15.2. The van der Waals surface area contributed by atoms with Gasteiger partial charge in [-0.2, -0.15) is 18.4 Å². The maximum Gasteiger partial charge on any atom is 0.417 e. The fraction of sp³-hybridized carbons (Fsp3) is 0.652. The molecule has 1 unspecified atom stereocenters. The first-order valence-corrected chi connectivity index (χ1v) is 11.1. The van der Waals surface area contributed by atoms with Crippen LogP contribution in [0.1, 0.15) is 43.2 Å². The Morgan fingerprint density at radius 2 is 1.88 bits per heavy atom. The van der Waals surface area contributed by atoms with Gasteiger partial charge in [0.15, 0.2) is 0 Å². The topological polar surface area (TPSA) is 82.6 Å². The molecule has 6 nitrogen and oxygen atoms in total. The van der Waals surface area contributed by atoms with Gasteiger partial charge in [0.1, 0.15) is 12.2 Å². The minimum absolute atomic E-state index is 0.194. The Morgan fingerprint density at radius 3 is 2.41 bits per heavy atom. The van der Waals surface area contributed by atoms with Crippen LogP contribution in [0.25, 0.3) is 0 Å². The van der Waals surface area contributed by atoms with Crippen molar-refractivity contribution in [2.24, 2.45) is 17.6 Å². The van der Waals surface area contributed by atoms with Gasteiger partial charge in [-0.3, -0.25) is 9.69 Å². The van der Waals surface area contributed by atoms with Crippen molar-refractivity contribution in [1.29, 1.82) is 5.26 Å². The Hall–Kier alpha value is -2.31. The van der Waals surface area contributed by atoms with Crippen molar-refractivity contribution < 1.29 is 22.7 Å². The number of piperazine rings is 1. The highest BCUT2D eigenvalue weighted by molar-refractivity contribution is 5.79. The molecule has 2 fully saturated rings. The zero-order chi connectivity index (χ0) is 23.3. The van der Waals surface area contributed by atoms with Crippen molar-refractivity contribution in [2.45, 2.75) is 44.4 Å². The number of hydrogen-bond donors (Lipinski definition) is 1. The normalized spacial score (nSPS) is 23.5. The second-order valence-corrected chi connectivity index (χ2v) is 8.77. The average Bonchev–Trinajstić information content (AvgIpc) is 2.78. The second-order valence-electron chi connectivity index (χ2n) is 8.77. The van der Waals surface area contributed by atoms with E-state index in [-0.39, 0.29) is 11.5 Å². The van der Waals surface area contributed by atoms with Crippen molar-refractivity contribution in [3.8, 4) is 6.07 Å². The number of primary amides is 1. The molecule has 1 atom stereocenters. The van der Waals surface area contributed by atoms with Gasteiger partial charge in [0.25, 0.3) is 0 Å². The Bertz CT molecular complexity index is 824. The van der Waals surface area contributed by atoms with Crippen LogP contribution in [-0.2, 0) is 15.7 Å². The molecule has 3 rings (SSSR count). The molecule has 0 radical (unpaired) electrons. The quantitative estimate of drug-likeness (QED) is 0.686. The minimum atomic E-state index is -4.54. The molecule has 1 aromatic carbocycles. The van der Waals surface area contributed by atoms with E-state index in [2.05, 4.69) is 4.90 Å². The zero-order valence-corrected chi connectivity index (χ0v) is 18.4. The number of benzene rings is 1. The number of halogens is 3. The smallest absolute Gasteiger partial charge is 0.371 e. The Labute approximate surface area is 187 Å². The lowest BCUT2D eigenvalue weighted by Crippen LogP contribution is -2.47. The molecule has 1 heterocycles. The standard InChI is InChI=1S/C23H31F3N4O2/c1-32-21(22(28)31)17-7-5-16(6-8-17)9-10-29-11-13-30(14-12-29)20-4-2-3-19(18(20)15-27)23(24,25)26/h2-4,16-17,21H,5-14H2,1H3,(H2,28,31). The summed E-state index contributed by atoms with van der Waals surface area (Å²) in [4.78, 5) is 15.7. The molecule has 1 saturated heterocycles. The van der Waals surface area contributed by atoms with E-state index in [1.807, 2.05) is 4.90 Å². The van der Waals surface area contributed by atoms with E-state index in [1.54, 1.807) is 12.1 Å². The second kappa shape index (κ2) is 10.5. The first-order valence-electron chi connectivity index (χ1n) is 11.1. The lowest BCUT2D eigenvalue weighted by molar-refractivity contribution is -0.137. The number of nitrogens with zero attached hydrogens (tertiary/aromatic N) is 3. The summed E-state index contributed by atoms with van der Waals surface area (Å²) in [7, 11) is 1.53. The molecule has 9 heteroatoms. The third-order valence-electron chi connectivity index (χ3n) is 6.88. The van der Waals surface area contributed by atoms with Crippen LogP contribution in [0.4, 0.5) is 18.9 Å². The van der Waals surface area contributed by atoms with Gasteiger partial charge < -0.3 is 15.4 Å². The summed E-state index contributed by atoms with van der Waals surface area (Å²) in [5, 5.41) is 9.35. The molecule has 32 heavy (non-hydrogen) atoms. The third-order valence-corrected chi connectivity index (χ3v) is 6.88. The lowest BCUT2D eigenvalue weighted by Gasteiger charge is -2.38. The van der Waals surface area contributed by atoms with Gasteiger partial charge in [-0.1, -0.05) is 18.9 Å². The van der Waals surface area contributed by atoms with E-state index >= 15 is 0 Å². The average molecular weight is 453 g/mol. The van der Waals surface area contributed by atoms with Crippen LogP contribution in [0.15, 0.2) is 18.2 Å². The first kappa shape index (κ1) is 24.3.